The number of hydrogen-bond donors (Lipinski definition) is 3. The minimum Gasteiger partial charge on any atom is -0.449 e. The van der Waals surface area contributed by atoms with Gasteiger partial charge in [0.25, 0.3) is 0 Å². The first-order valence-corrected chi connectivity index (χ1v) is 13.0. The zero-order valence-corrected chi connectivity index (χ0v) is 24.2. The number of halogens is 1. The fourth-order valence-corrected chi connectivity index (χ4v) is 4.81. The van der Waals surface area contributed by atoms with Crippen molar-refractivity contribution in [3.63, 3.8) is 0 Å². The van der Waals surface area contributed by atoms with Crippen molar-refractivity contribution in [2.45, 2.75) is 81.1 Å². The minimum absolute atomic E-state index is 0.0933. The number of nitrogens with one attached hydrogen (secondary N) is 3. The number of carbonyl (C=O) groups is 2. The fourth-order valence-electron chi connectivity index (χ4n) is 4.60. The van der Waals surface area contributed by atoms with Gasteiger partial charge in [-0.3, -0.25) is 20.5 Å². The molecule has 0 heterocycles. The van der Waals surface area contributed by atoms with E-state index in [4.69, 9.17) is 29.5 Å². The summed E-state index contributed by atoms with van der Waals surface area (Å²) in [5.41, 5.74) is 5.71. The van der Waals surface area contributed by atoms with Gasteiger partial charge in [-0.25, -0.2) is 14.9 Å². The standard InChI is InChI=1S/C28H42ClN5O3/c1-18(15-27(3,4)5)11-12-20(19(2)16-28(6,7)8)17-37-26(36)32-25(35)34-33-22-14-24(31-10)23(30-9)13-21(22)29/h13-14,18-20,33H,11-12,15-17H2,1-8H3,(H2,32,34,35,36). The van der Waals surface area contributed by atoms with Crippen molar-refractivity contribution in [2.24, 2.45) is 28.6 Å². The number of carbonyl (C=O) groups excluding carboxylic acids is 2. The number of hydrazine groups is 1. The number of anilines is 1. The van der Waals surface area contributed by atoms with E-state index in [0.717, 1.165) is 25.7 Å². The van der Waals surface area contributed by atoms with Gasteiger partial charge in [0.2, 0.25) is 0 Å². The summed E-state index contributed by atoms with van der Waals surface area (Å²) in [4.78, 5) is 31.0. The number of ether oxygens (including phenoxy) is 1. The van der Waals surface area contributed by atoms with Gasteiger partial charge in [0.1, 0.15) is 0 Å². The van der Waals surface area contributed by atoms with Gasteiger partial charge in [-0.2, -0.15) is 0 Å². The smallest absolute Gasteiger partial charge is 0.415 e. The van der Waals surface area contributed by atoms with Crippen LogP contribution in [0.15, 0.2) is 12.1 Å². The lowest BCUT2D eigenvalue weighted by molar-refractivity contribution is 0.0961. The molecule has 0 saturated carbocycles. The molecule has 3 atom stereocenters. The lowest BCUT2D eigenvalue weighted by Crippen LogP contribution is -2.43. The van der Waals surface area contributed by atoms with Crippen LogP contribution < -0.4 is 16.2 Å². The Labute approximate surface area is 227 Å². The summed E-state index contributed by atoms with van der Waals surface area (Å²) in [5, 5.41) is 2.28. The Kier molecular flexibility index (Phi) is 12.2. The minimum atomic E-state index is -0.841. The van der Waals surface area contributed by atoms with Crippen LogP contribution in [-0.2, 0) is 4.74 Å². The van der Waals surface area contributed by atoms with Crippen LogP contribution in [0, 0.1) is 41.7 Å². The van der Waals surface area contributed by atoms with Crippen molar-refractivity contribution in [1.82, 2.24) is 10.7 Å². The highest BCUT2D eigenvalue weighted by Crippen LogP contribution is 2.36. The molecule has 37 heavy (non-hydrogen) atoms. The Morgan fingerprint density at radius 3 is 2.08 bits per heavy atom. The Bertz CT molecular complexity index is 1010. The van der Waals surface area contributed by atoms with E-state index in [1.165, 1.54) is 12.1 Å². The third-order valence-corrected chi connectivity index (χ3v) is 6.30. The Hall–Kier alpha value is -2.97. The molecule has 1 aromatic carbocycles. The summed E-state index contributed by atoms with van der Waals surface area (Å²) >= 11 is 6.10. The number of rotatable bonds is 10. The summed E-state index contributed by atoms with van der Waals surface area (Å²) in [6.45, 7) is 32.3. The van der Waals surface area contributed by atoms with E-state index in [-0.39, 0.29) is 45.4 Å². The number of urea groups is 1. The topological polar surface area (TPSA) is 88.2 Å². The van der Waals surface area contributed by atoms with Gasteiger partial charge in [-0.1, -0.05) is 73.4 Å². The molecule has 0 saturated heterocycles. The van der Waals surface area contributed by atoms with Crippen LogP contribution >= 0.6 is 11.6 Å². The van der Waals surface area contributed by atoms with Gasteiger partial charge in [0, 0.05) is 0 Å². The van der Waals surface area contributed by atoms with Crippen molar-refractivity contribution < 1.29 is 14.3 Å². The van der Waals surface area contributed by atoms with Crippen molar-refractivity contribution in [1.29, 1.82) is 0 Å². The molecule has 3 unspecified atom stereocenters. The SMILES string of the molecule is [C-]#[N+]c1cc(Cl)c(NNC(=O)NC(=O)OCC(CCC(C)CC(C)(C)C)C(C)CC(C)(C)C)cc1[N+]#[C-]. The number of amides is 3. The Balaban J connectivity index is 2.69. The number of imide groups is 1. The Morgan fingerprint density at radius 2 is 1.54 bits per heavy atom. The van der Waals surface area contributed by atoms with Crippen LogP contribution in [-0.4, -0.2) is 18.7 Å². The van der Waals surface area contributed by atoms with Gasteiger partial charge in [-0.05, 0) is 60.0 Å². The summed E-state index contributed by atoms with van der Waals surface area (Å²) in [6, 6.07) is 1.85. The number of benzene rings is 1. The maximum atomic E-state index is 12.3. The monoisotopic (exact) mass is 531 g/mol. The van der Waals surface area contributed by atoms with Crippen LogP contribution in [0.3, 0.4) is 0 Å². The average Bonchev–Trinajstić information content (AvgIpc) is 2.75. The maximum absolute atomic E-state index is 12.3. The molecule has 0 aliphatic heterocycles. The molecule has 204 valence electrons. The maximum Gasteiger partial charge on any atom is 0.415 e. The van der Waals surface area contributed by atoms with Crippen LogP contribution in [0.2, 0.25) is 5.02 Å². The summed E-state index contributed by atoms with van der Waals surface area (Å²) in [5.74, 6) is 1.09. The molecule has 0 fully saturated rings. The first kappa shape index (κ1) is 32.1. The van der Waals surface area contributed by atoms with E-state index in [0.29, 0.717) is 11.8 Å². The molecule has 3 amide bonds. The number of hydrogen-bond acceptors (Lipinski definition) is 4. The zero-order chi connectivity index (χ0) is 28.4. The van der Waals surface area contributed by atoms with E-state index >= 15 is 0 Å². The second-order valence-corrected chi connectivity index (χ2v) is 12.7. The van der Waals surface area contributed by atoms with E-state index in [1.54, 1.807) is 0 Å². The summed E-state index contributed by atoms with van der Waals surface area (Å²) < 4.78 is 5.45. The summed E-state index contributed by atoms with van der Waals surface area (Å²) in [6.07, 6.45) is 3.28. The molecule has 1 aromatic rings. The molecule has 8 nitrogen and oxygen atoms in total. The molecular weight excluding hydrogens is 490 g/mol. The van der Waals surface area contributed by atoms with Crippen molar-refractivity contribution in [2.75, 3.05) is 12.0 Å². The van der Waals surface area contributed by atoms with Crippen molar-refractivity contribution in [3.05, 3.63) is 40.0 Å². The van der Waals surface area contributed by atoms with Crippen LogP contribution in [0.1, 0.15) is 81.1 Å². The highest BCUT2D eigenvalue weighted by atomic mass is 35.5. The molecule has 0 aliphatic carbocycles. The largest absolute Gasteiger partial charge is 0.449 e. The fraction of sp³-hybridized carbons (Fsp3) is 0.643. The molecule has 0 radical (unpaired) electrons. The van der Waals surface area contributed by atoms with Gasteiger partial charge in [0.05, 0.1) is 30.5 Å². The van der Waals surface area contributed by atoms with E-state index in [1.807, 2.05) is 0 Å². The molecule has 3 N–H and O–H groups in total. The predicted molar refractivity (Wildman–Crippen MR) is 150 cm³/mol. The first-order chi connectivity index (χ1) is 17.0. The lowest BCUT2D eigenvalue weighted by atomic mass is 9.76. The third-order valence-electron chi connectivity index (χ3n) is 5.99. The second kappa shape index (κ2) is 14.1. The van der Waals surface area contributed by atoms with Gasteiger partial charge in [0.15, 0.2) is 11.4 Å². The quantitative estimate of drug-likeness (QED) is 0.208. The molecular formula is C28H42ClN5O3. The van der Waals surface area contributed by atoms with Gasteiger partial charge in [-0.15, -0.1) is 0 Å². The molecule has 0 aromatic heterocycles. The average molecular weight is 532 g/mol. The number of alkyl carbamates (subject to hydrolysis) is 1. The molecule has 9 heteroatoms. The summed E-state index contributed by atoms with van der Waals surface area (Å²) in [7, 11) is 0. The van der Waals surface area contributed by atoms with Crippen LogP contribution in [0.5, 0.6) is 0 Å². The number of nitrogens with zero attached hydrogens (tertiary/aromatic N) is 2. The lowest BCUT2D eigenvalue weighted by Gasteiger charge is -2.31. The first-order valence-electron chi connectivity index (χ1n) is 12.6. The molecule has 0 spiro atoms. The van der Waals surface area contributed by atoms with Crippen molar-refractivity contribution in [3.8, 4) is 0 Å². The van der Waals surface area contributed by atoms with Crippen LogP contribution in [0.25, 0.3) is 9.69 Å². The molecule has 1 rings (SSSR count). The van der Waals surface area contributed by atoms with E-state index < -0.39 is 12.1 Å². The van der Waals surface area contributed by atoms with Gasteiger partial charge >= 0.3 is 12.1 Å². The second-order valence-electron chi connectivity index (χ2n) is 12.3. The van der Waals surface area contributed by atoms with Gasteiger partial charge < -0.3 is 4.74 Å². The van der Waals surface area contributed by atoms with E-state index in [2.05, 4.69) is 81.2 Å². The molecule has 0 aliphatic rings. The molecule has 0 bridgehead atoms. The highest BCUT2D eigenvalue weighted by molar-refractivity contribution is 6.33. The normalized spacial score (nSPS) is 13.9. The van der Waals surface area contributed by atoms with Crippen LogP contribution in [0.4, 0.5) is 26.7 Å². The van der Waals surface area contributed by atoms with Crippen molar-refractivity contribution >= 4 is 40.8 Å². The highest BCUT2D eigenvalue weighted by Gasteiger charge is 2.26. The Morgan fingerprint density at radius 1 is 0.973 bits per heavy atom. The zero-order valence-electron chi connectivity index (χ0n) is 23.4. The third kappa shape index (κ3) is 12.7. The van der Waals surface area contributed by atoms with E-state index in [9.17, 15) is 9.59 Å². The predicted octanol–water partition coefficient (Wildman–Crippen LogP) is 8.75.